The number of phenolic OH excluding ortho intramolecular Hbond substituents is 1. The molecular formula is C16H11NO5. The summed E-state index contributed by atoms with van der Waals surface area (Å²) in [5.41, 5.74) is 0.437. The molecule has 6 heteroatoms. The van der Waals surface area contributed by atoms with Crippen molar-refractivity contribution in [1.29, 1.82) is 0 Å². The molecule has 0 atom stereocenters. The number of rotatable bonds is 1. The standard InChI is InChI=1S/C16H11NO5/c1-7-3-4-8(2)12-11(7)15(19)13-9(17(21)22)5-6-10(18)14(13)16(12)20/h3-6,18H,1-2H3. The van der Waals surface area contributed by atoms with Crippen molar-refractivity contribution in [2.24, 2.45) is 0 Å². The predicted octanol–water partition coefficient (Wildman–Crippen LogP) is 2.69. The third kappa shape index (κ3) is 1.67. The molecule has 0 saturated carbocycles. The van der Waals surface area contributed by atoms with Gasteiger partial charge in [0.2, 0.25) is 5.78 Å². The molecule has 0 radical (unpaired) electrons. The monoisotopic (exact) mass is 297 g/mol. The molecule has 1 aliphatic carbocycles. The number of carbonyl (C=O) groups excluding carboxylic acids is 2. The highest BCUT2D eigenvalue weighted by atomic mass is 16.6. The molecule has 1 N–H and O–H groups in total. The zero-order chi connectivity index (χ0) is 16.2. The second-order valence-electron chi connectivity index (χ2n) is 5.22. The largest absolute Gasteiger partial charge is 0.507 e. The molecular weight excluding hydrogens is 286 g/mol. The molecule has 22 heavy (non-hydrogen) atoms. The quantitative estimate of drug-likeness (QED) is 0.550. The van der Waals surface area contributed by atoms with Crippen LogP contribution in [0.3, 0.4) is 0 Å². The first kappa shape index (κ1) is 13.9. The van der Waals surface area contributed by atoms with Crippen LogP contribution >= 0.6 is 0 Å². The molecule has 0 bridgehead atoms. The lowest BCUT2D eigenvalue weighted by Crippen LogP contribution is -2.24. The minimum Gasteiger partial charge on any atom is -0.507 e. The number of ketones is 2. The molecule has 2 aromatic rings. The number of hydrogen-bond donors (Lipinski definition) is 1. The topological polar surface area (TPSA) is 97.5 Å². The lowest BCUT2D eigenvalue weighted by atomic mass is 9.79. The van der Waals surface area contributed by atoms with Gasteiger partial charge < -0.3 is 5.11 Å². The van der Waals surface area contributed by atoms with Crippen LogP contribution in [0.5, 0.6) is 5.75 Å². The van der Waals surface area contributed by atoms with Gasteiger partial charge in [-0.15, -0.1) is 0 Å². The molecule has 0 unspecified atom stereocenters. The number of hydrogen-bond acceptors (Lipinski definition) is 5. The second kappa shape index (κ2) is 4.49. The maximum atomic E-state index is 12.7. The van der Waals surface area contributed by atoms with Crippen molar-refractivity contribution in [2.45, 2.75) is 13.8 Å². The Morgan fingerprint density at radius 1 is 0.864 bits per heavy atom. The van der Waals surface area contributed by atoms with Crippen molar-refractivity contribution in [1.82, 2.24) is 0 Å². The van der Waals surface area contributed by atoms with E-state index in [0.717, 1.165) is 12.1 Å². The van der Waals surface area contributed by atoms with Crippen LogP contribution in [0.15, 0.2) is 24.3 Å². The van der Waals surface area contributed by atoms with Crippen LogP contribution in [0.4, 0.5) is 5.69 Å². The minimum atomic E-state index is -0.723. The highest BCUT2D eigenvalue weighted by molar-refractivity contribution is 6.31. The molecule has 0 fully saturated rings. The van der Waals surface area contributed by atoms with E-state index in [2.05, 4.69) is 0 Å². The van der Waals surface area contributed by atoms with E-state index >= 15 is 0 Å². The number of fused-ring (bicyclic) bond motifs is 2. The number of benzene rings is 2. The Bertz CT molecular complexity index is 883. The summed E-state index contributed by atoms with van der Waals surface area (Å²) in [5, 5.41) is 21.1. The van der Waals surface area contributed by atoms with Gasteiger partial charge in [0.05, 0.1) is 10.5 Å². The van der Waals surface area contributed by atoms with E-state index in [0.29, 0.717) is 11.1 Å². The third-order valence-corrected chi connectivity index (χ3v) is 3.89. The summed E-state index contributed by atoms with van der Waals surface area (Å²) >= 11 is 0. The molecule has 110 valence electrons. The molecule has 0 amide bonds. The number of carbonyl (C=O) groups is 2. The van der Waals surface area contributed by atoms with Gasteiger partial charge in [0, 0.05) is 17.2 Å². The van der Waals surface area contributed by atoms with Gasteiger partial charge in [0.15, 0.2) is 5.78 Å². The van der Waals surface area contributed by atoms with Crippen LogP contribution in [-0.4, -0.2) is 21.6 Å². The van der Waals surface area contributed by atoms with Crippen LogP contribution in [0.1, 0.15) is 43.0 Å². The fourth-order valence-corrected chi connectivity index (χ4v) is 2.84. The van der Waals surface area contributed by atoms with Crippen molar-refractivity contribution in [2.75, 3.05) is 0 Å². The summed E-state index contributed by atoms with van der Waals surface area (Å²) in [7, 11) is 0. The third-order valence-electron chi connectivity index (χ3n) is 3.89. The Kier molecular flexibility index (Phi) is 2.84. The Balaban J connectivity index is 2.47. The molecule has 6 nitrogen and oxygen atoms in total. The van der Waals surface area contributed by atoms with E-state index in [1.807, 2.05) is 0 Å². The van der Waals surface area contributed by atoms with E-state index in [1.54, 1.807) is 26.0 Å². The first-order valence-electron chi connectivity index (χ1n) is 6.54. The van der Waals surface area contributed by atoms with Crippen LogP contribution in [0, 0.1) is 24.0 Å². The fourth-order valence-electron chi connectivity index (χ4n) is 2.84. The zero-order valence-electron chi connectivity index (χ0n) is 11.8. The highest BCUT2D eigenvalue weighted by Crippen LogP contribution is 2.39. The molecule has 0 aromatic heterocycles. The van der Waals surface area contributed by atoms with E-state index in [-0.39, 0.29) is 22.3 Å². The predicted molar refractivity (Wildman–Crippen MR) is 77.5 cm³/mol. The summed E-state index contributed by atoms with van der Waals surface area (Å²) in [6, 6.07) is 5.51. The number of aromatic hydroxyl groups is 1. The normalized spacial score (nSPS) is 12.8. The van der Waals surface area contributed by atoms with Gasteiger partial charge in [-0.1, -0.05) is 12.1 Å². The highest BCUT2D eigenvalue weighted by Gasteiger charge is 2.39. The Hall–Kier alpha value is -3.02. The fraction of sp³-hybridized carbons (Fsp3) is 0.125. The van der Waals surface area contributed by atoms with Crippen molar-refractivity contribution < 1.29 is 19.6 Å². The van der Waals surface area contributed by atoms with Crippen LogP contribution in [0.2, 0.25) is 0 Å². The average Bonchev–Trinajstić information content (AvgIpc) is 2.46. The smallest absolute Gasteiger partial charge is 0.281 e. The van der Waals surface area contributed by atoms with E-state index in [4.69, 9.17) is 0 Å². The number of nitro benzene ring substituents is 1. The maximum absolute atomic E-state index is 12.7. The second-order valence-corrected chi connectivity index (χ2v) is 5.22. The lowest BCUT2D eigenvalue weighted by molar-refractivity contribution is -0.385. The zero-order valence-corrected chi connectivity index (χ0v) is 11.8. The van der Waals surface area contributed by atoms with Crippen LogP contribution < -0.4 is 0 Å². The van der Waals surface area contributed by atoms with Crippen molar-refractivity contribution in [3.63, 3.8) is 0 Å². The average molecular weight is 297 g/mol. The summed E-state index contributed by atoms with van der Waals surface area (Å²) in [6.07, 6.45) is 0. The SMILES string of the molecule is Cc1ccc(C)c2c1C(=O)c1c(O)ccc([N+](=O)[O-])c1C2=O. The van der Waals surface area contributed by atoms with E-state index < -0.39 is 27.9 Å². The summed E-state index contributed by atoms with van der Waals surface area (Å²) in [6.45, 7) is 3.35. The van der Waals surface area contributed by atoms with Crippen molar-refractivity contribution >= 4 is 17.3 Å². The Morgan fingerprint density at radius 3 is 1.86 bits per heavy atom. The summed E-state index contributed by atoms with van der Waals surface area (Å²) < 4.78 is 0. The van der Waals surface area contributed by atoms with Gasteiger partial charge in [-0.05, 0) is 31.0 Å². The van der Waals surface area contributed by atoms with Gasteiger partial charge in [0.1, 0.15) is 11.3 Å². The van der Waals surface area contributed by atoms with Gasteiger partial charge in [-0.25, -0.2) is 0 Å². The van der Waals surface area contributed by atoms with Crippen molar-refractivity contribution in [3.8, 4) is 5.75 Å². The van der Waals surface area contributed by atoms with Gasteiger partial charge >= 0.3 is 0 Å². The molecule has 0 heterocycles. The van der Waals surface area contributed by atoms with Crippen LogP contribution in [-0.2, 0) is 0 Å². The van der Waals surface area contributed by atoms with Crippen molar-refractivity contribution in [3.05, 3.63) is 67.8 Å². The van der Waals surface area contributed by atoms with E-state index in [1.165, 1.54) is 0 Å². The number of aryl methyl sites for hydroxylation is 2. The lowest BCUT2D eigenvalue weighted by Gasteiger charge is -2.21. The molecule has 0 aliphatic heterocycles. The first-order valence-corrected chi connectivity index (χ1v) is 6.54. The number of phenols is 1. The first-order chi connectivity index (χ1) is 10.3. The molecule has 1 aliphatic rings. The molecule has 3 rings (SSSR count). The maximum Gasteiger partial charge on any atom is 0.281 e. The molecule has 0 saturated heterocycles. The Morgan fingerprint density at radius 2 is 1.36 bits per heavy atom. The molecule has 2 aromatic carbocycles. The summed E-state index contributed by atoms with van der Waals surface area (Å²) in [4.78, 5) is 35.9. The number of nitro groups is 1. The van der Waals surface area contributed by atoms with Gasteiger partial charge in [-0.3, -0.25) is 19.7 Å². The van der Waals surface area contributed by atoms with E-state index in [9.17, 15) is 24.8 Å². The van der Waals surface area contributed by atoms with Gasteiger partial charge in [0.25, 0.3) is 5.69 Å². The Labute approximate surface area is 125 Å². The van der Waals surface area contributed by atoms with Gasteiger partial charge in [-0.2, -0.15) is 0 Å². The summed E-state index contributed by atoms with van der Waals surface area (Å²) in [5.74, 6) is -1.59. The number of nitrogens with zero attached hydrogens (tertiary/aromatic N) is 1. The molecule has 0 spiro atoms. The van der Waals surface area contributed by atoms with Crippen LogP contribution in [0.25, 0.3) is 0 Å². The minimum absolute atomic E-state index is 0.172.